The summed E-state index contributed by atoms with van der Waals surface area (Å²) in [5.41, 5.74) is 0.332. The van der Waals surface area contributed by atoms with E-state index >= 15 is 0 Å². The highest BCUT2D eigenvalue weighted by Crippen LogP contribution is 2.30. The Morgan fingerprint density at radius 3 is 2.34 bits per heavy atom. The van der Waals surface area contributed by atoms with Gasteiger partial charge < -0.3 is 5.32 Å². The molecule has 6 heteroatoms. The van der Waals surface area contributed by atoms with Gasteiger partial charge in [-0.1, -0.05) is 71.6 Å². The molecule has 0 radical (unpaired) electrons. The van der Waals surface area contributed by atoms with Crippen LogP contribution in [-0.4, -0.2) is 16.6 Å². The summed E-state index contributed by atoms with van der Waals surface area (Å²) in [6, 6.07) is 5.68. The molecule has 0 spiro atoms. The molecule has 1 N–H and O–H groups in total. The van der Waals surface area contributed by atoms with E-state index in [1.807, 2.05) is 13.8 Å². The smallest absolute Gasteiger partial charge is 0.274 e. The number of amides is 1. The molecule has 162 valence electrons. The Balaban J connectivity index is 3.12. The molecule has 3 unspecified atom stereocenters. The molecule has 1 aromatic carbocycles. The van der Waals surface area contributed by atoms with Gasteiger partial charge in [0.25, 0.3) is 5.69 Å². The average Bonchev–Trinajstić information content (AvgIpc) is 2.71. The number of hydrogen-bond acceptors (Lipinski definition) is 4. The Morgan fingerprint density at radius 2 is 1.76 bits per heavy atom. The number of nitrogens with one attached hydrogen (secondary N) is 1. The van der Waals surface area contributed by atoms with E-state index in [1.54, 1.807) is 18.2 Å². The second-order valence-electron chi connectivity index (χ2n) is 7.84. The molecule has 0 aliphatic carbocycles. The first-order chi connectivity index (χ1) is 13.8. The molecule has 0 heterocycles. The molecule has 0 fully saturated rings. The molecule has 1 amide bonds. The maximum Gasteiger partial charge on any atom is 0.274 e. The number of nitro groups is 1. The number of unbranched alkanes of at least 4 members (excludes halogenated alkanes) is 2. The van der Waals surface area contributed by atoms with Crippen LogP contribution in [0.3, 0.4) is 0 Å². The standard InChI is InChI=1S/C23H36N2O4/c1-5-8-9-13-18(12-6-2)22(26)16-20(24-23(27)17(4)7-3)19-14-10-11-15-21(19)25(28)29/h10-11,14-15,17-18,20H,5-9,12-13,16H2,1-4H3,(H,24,27). The van der Waals surface area contributed by atoms with Crippen molar-refractivity contribution in [1.82, 2.24) is 5.32 Å². The molecule has 3 atom stereocenters. The minimum atomic E-state index is -0.684. The number of carbonyl (C=O) groups is 2. The van der Waals surface area contributed by atoms with Crippen LogP contribution in [0.1, 0.15) is 90.7 Å². The lowest BCUT2D eigenvalue weighted by Crippen LogP contribution is -2.35. The molecular formula is C23H36N2O4. The highest BCUT2D eigenvalue weighted by atomic mass is 16.6. The number of carbonyl (C=O) groups excluding carboxylic acids is 2. The largest absolute Gasteiger partial charge is 0.348 e. The van der Waals surface area contributed by atoms with Gasteiger partial charge in [0, 0.05) is 24.3 Å². The Morgan fingerprint density at radius 1 is 1.07 bits per heavy atom. The molecule has 0 saturated carbocycles. The summed E-state index contributed by atoms with van der Waals surface area (Å²) >= 11 is 0. The third kappa shape index (κ3) is 7.95. The van der Waals surface area contributed by atoms with E-state index in [2.05, 4.69) is 19.2 Å². The molecule has 0 aliphatic heterocycles. The van der Waals surface area contributed by atoms with Crippen molar-refractivity contribution in [2.45, 2.75) is 85.1 Å². The lowest BCUT2D eigenvalue weighted by atomic mass is 9.87. The fraction of sp³-hybridized carbons (Fsp3) is 0.652. The van der Waals surface area contributed by atoms with Gasteiger partial charge >= 0.3 is 0 Å². The second-order valence-corrected chi connectivity index (χ2v) is 7.84. The van der Waals surface area contributed by atoms with Crippen LogP contribution in [0, 0.1) is 22.0 Å². The highest BCUT2D eigenvalue weighted by molar-refractivity contribution is 5.84. The number of para-hydroxylation sites is 1. The first kappa shape index (κ1) is 24.8. The van der Waals surface area contributed by atoms with Crippen LogP contribution in [0.2, 0.25) is 0 Å². The summed E-state index contributed by atoms with van der Waals surface area (Å²) in [5.74, 6) is -0.374. The Hall–Kier alpha value is -2.24. The third-order valence-corrected chi connectivity index (χ3v) is 5.54. The number of ketones is 1. The Bertz CT molecular complexity index is 675. The van der Waals surface area contributed by atoms with Crippen LogP contribution in [0.4, 0.5) is 5.69 Å². The van der Waals surface area contributed by atoms with Gasteiger partial charge in [0.15, 0.2) is 0 Å². The van der Waals surface area contributed by atoms with E-state index in [0.717, 1.165) is 38.5 Å². The van der Waals surface area contributed by atoms with E-state index in [-0.39, 0.29) is 35.6 Å². The summed E-state index contributed by atoms with van der Waals surface area (Å²) in [4.78, 5) is 36.7. The zero-order chi connectivity index (χ0) is 21.8. The van der Waals surface area contributed by atoms with Gasteiger partial charge in [0.1, 0.15) is 5.78 Å². The molecule has 0 aliphatic rings. The van der Waals surface area contributed by atoms with Crippen LogP contribution in [0.25, 0.3) is 0 Å². The number of nitrogens with zero attached hydrogens (tertiary/aromatic N) is 1. The maximum atomic E-state index is 13.1. The van der Waals surface area contributed by atoms with E-state index in [0.29, 0.717) is 12.0 Å². The Kier molecular flexibility index (Phi) is 11.2. The van der Waals surface area contributed by atoms with E-state index in [9.17, 15) is 19.7 Å². The SMILES string of the molecule is CCCCCC(CCC)C(=O)CC(NC(=O)C(C)CC)c1ccccc1[N+](=O)[O-]. The van der Waals surface area contributed by atoms with Crippen molar-refractivity contribution in [3.8, 4) is 0 Å². The van der Waals surface area contributed by atoms with Crippen molar-refractivity contribution in [2.24, 2.45) is 11.8 Å². The van der Waals surface area contributed by atoms with Gasteiger partial charge in [-0.05, 0) is 19.3 Å². The third-order valence-electron chi connectivity index (χ3n) is 5.54. The van der Waals surface area contributed by atoms with Crippen LogP contribution >= 0.6 is 0 Å². The summed E-state index contributed by atoms with van der Waals surface area (Å²) in [6.45, 7) is 7.93. The number of Topliss-reactive ketones (excluding diaryl/α,β-unsaturated/α-hetero) is 1. The Labute approximate surface area is 174 Å². The van der Waals surface area contributed by atoms with Gasteiger partial charge in [-0.25, -0.2) is 0 Å². The van der Waals surface area contributed by atoms with Crippen molar-refractivity contribution in [1.29, 1.82) is 0 Å². The van der Waals surface area contributed by atoms with Gasteiger partial charge in [-0.3, -0.25) is 19.7 Å². The molecule has 0 saturated heterocycles. The number of hydrogen-bond donors (Lipinski definition) is 1. The maximum absolute atomic E-state index is 13.1. The molecule has 0 bridgehead atoms. The lowest BCUT2D eigenvalue weighted by Gasteiger charge is -2.23. The predicted octanol–water partition coefficient (Wildman–Crippen LogP) is 5.75. The van der Waals surface area contributed by atoms with Crippen molar-refractivity contribution < 1.29 is 14.5 Å². The van der Waals surface area contributed by atoms with Gasteiger partial charge in [-0.15, -0.1) is 0 Å². The van der Waals surface area contributed by atoms with Gasteiger partial charge in [0.2, 0.25) is 5.91 Å². The predicted molar refractivity (Wildman–Crippen MR) is 116 cm³/mol. The normalized spacial score (nSPS) is 14.1. The van der Waals surface area contributed by atoms with Crippen molar-refractivity contribution in [2.75, 3.05) is 0 Å². The fourth-order valence-electron chi connectivity index (χ4n) is 3.51. The molecular weight excluding hydrogens is 368 g/mol. The van der Waals surface area contributed by atoms with Crippen LogP contribution in [0.15, 0.2) is 24.3 Å². The molecule has 0 aromatic heterocycles. The first-order valence-corrected chi connectivity index (χ1v) is 10.9. The zero-order valence-corrected chi connectivity index (χ0v) is 18.3. The fourth-order valence-corrected chi connectivity index (χ4v) is 3.51. The van der Waals surface area contributed by atoms with Crippen molar-refractivity contribution in [3.05, 3.63) is 39.9 Å². The summed E-state index contributed by atoms with van der Waals surface area (Å²) in [6.07, 6.45) is 6.50. The van der Waals surface area contributed by atoms with Crippen LogP contribution in [0.5, 0.6) is 0 Å². The topological polar surface area (TPSA) is 89.3 Å². The minimum Gasteiger partial charge on any atom is -0.348 e. The lowest BCUT2D eigenvalue weighted by molar-refractivity contribution is -0.385. The summed E-state index contributed by atoms with van der Waals surface area (Å²) < 4.78 is 0. The molecule has 6 nitrogen and oxygen atoms in total. The average molecular weight is 405 g/mol. The van der Waals surface area contributed by atoms with Gasteiger partial charge in [0.05, 0.1) is 16.5 Å². The second kappa shape index (κ2) is 13.1. The van der Waals surface area contributed by atoms with E-state index in [4.69, 9.17) is 0 Å². The quantitative estimate of drug-likeness (QED) is 0.243. The van der Waals surface area contributed by atoms with Crippen LogP contribution < -0.4 is 5.32 Å². The minimum absolute atomic E-state index is 0.0580. The molecule has 1 aromatic rings. The molecule has 1 rings (SSSR count). The van der Waals surface area contributed by atoms with E-state index < -0.39 is 11.0 Å². The van der Waals surface area contributed by atoms with Crippen molar-refractivity contribution >= 4 is 17.4 Å². The first-order valence-electron chi connectivity index (χ1n) is 10.9. The van der Waals surface area contributed by atoms with E-state index in [1.165, 1.54) is 6.07 Å². The monoisotopic (exact) mass is 404 g/mol. The summed E-state index contributed by atoms with van der Waals surface area (Å²) in [5, 5.41) is 14.4. The highest BCUT2D eigenvalue weighted by Gasteiger charge is 2.29. The zero-order valence-electron chi connectivity index (χ0n) is 18.3. The number of benzene rings is 1. The summed E-state index contributed by atoms with van der Waals surface area (Å²) in [7, 11) is 0. The van der Waals surface area contributed by atoms with Gasteiger partial charge in [-0.2, -0.15) is 0 Å². The molecule has 29 heavy (non-hydrogen) atoms. The number of nitro benzene ring substituents is 1. The van der Waals surface area contributed by atoms with Crippen LogP contribution in [-0.2, 0) is 9.59 Å². The number of rotatable bonds is 14. The van der Waals surface area contributed by atoms with Crippen molar-refractivity contribution in [3.63, 3.8) is 0 Å².